The number of ether oxygens (including phenoxy) is 2. The maximum absolute atomic E-state index is 11.2. The predicted molar refractivity (Wildman–Crippen MR) is 125 cm³/mol. The highest BCUT2D eigenvalue weighted by Crippen LogP contribution is 2.31. The van der Waals surface area contributed by atoms with E-state index >= 15 is 0 Å². The van der Waals surface area contributed by atoms with E-state index in [2.05, 4.69) is 0 Å². The van der Waals surface area contributed by atoms with Crippen LogP contribution in [0.5, 0.6) is 23.0 Å². The molecular formula is C24H18O8S2. The molecule has 0 atom stereocenters. The van der Waals surface area contributed by atoms with Crippen molar-refractivity contribution in [1.29, 1.82) is 0 Å². The van der Waals surface area contributed by atoms with Gasteiger partial charge in [-0.25, -0.2) is 0 Å². The highest BCUT2D eigenvalue weighted by Gasteiger charge is 2.11. The van der Waals surface area contributed by atoms with Crippen molar-refractivity contribution in [2.75, 3.05) is 0 Å². The number of benzene rings is 4. The van der Waals surface area contributed by atoms with Gasteiger partial charge in [-0.05, 0) is 83.9 Å². The second-order valence-corrected chi connectivity index (χ2v) is 10.00. The average molecular weight is 499 g/mol. The van der Waals surface area contributed by atoms with Crippen LogP contribution in [-0.4, -0.2) is 25.9 Å². The Morgan fingerprint density at radius 1 is 0.471 bits per heavy atom. The first kappa shape index (κ1) is 23.5. The molecule has 2 N–H and O–H groups in total. The van der Waals surface area contributed by atoms with E-state index in [9.17, 15) is 16.8 Å². The minimum atomic E-state index is -4.28. The summed E-state index contributed by atoms with van der Waals surface area (Å²) in [5.41, 5.74) is 1.67. The first-order valence-electron chi connectivity index (χ1n) is 9.79. The molecule has 0 aliphatic carbocycles. The van der Waals surface area contributed by atoms with E-state index in [-0.39, 0.29) is 9.79 Å². The lowest BCUT2D eigenvalue weighted by Crippen LogP contribution is -1.97. The van der Waals surface area contributed by atoms with Gasteiger partial charge in [0.05, 0.1) is 9.79 Å². The average Bonchev–Trinajstić information content (AvgIpc) is 2.79. The Kier molecular flexibility index (Phi) is 6.40. The van der Waals surface area contributed by atoms with Crippen molar-refractivity contribution in [2.45, 2.75) is 9.79 Å². The maximum Gasteiger partial charge on any atom is 0.294 e. The largest absolute Gasteiger partial charge is 0.457 e. The van der Waals surface area contributed by atoms with Gasteiger partial charge in [0.2, 0.25) is 0 Å². The molecule has 0 aromatic heterocycles. The molecule has 8 nitrogen and oxygen atoms in total. The zero-order chi connectivity index (χ0) is 24.3. The summed E-state index contributed by atoms with van der Waals surface area (Å²) in [6.45, 7) is 0. The molecule has 10 heteroatoms. The van der Waals surface area contributed by atoms with E-state index in [1.165, 1.54) is 48.5 Å². The topological polar surface area (TPSA) is 127 Å². The molecule has 34 heavy (non-hydrogen) atoms. The van der Waals surface area contributed by atoms with Gasteiger partial charge in [0.25, 0.3) is 20.2 Å². The van der Waals surface area contributed by atoms with Crippen molar-refractivity contribution >= 4 is 20.2 Å². The summed E-state index contributed by atoms with van der Waals surface area (Å²) in [6, 6.07) is 25.2. The smallest absolute Gasteiger partial charge is 0.294 e. The molecule has 0 radical (unpaired) electrons. The Labute approximate surface area is 196 Å². The zero-order valence-electron chi connectivity index (χ0n) is 17.4. The van der Waals surface area contributed by atoms with E-state index in [0.717, 1.165) is 11.1 Å². The third-order valence-corrected chi connectivity index (χ3v) is 6.45. The quantitative estimate of drug-likeness (QED) is 0.323. The van der Waals surface area contributed by atoms with Crippen LogP contribution >= 0.6 is 0 Å². The Balaban J connectivity index is 1.52. The lowest BCUT2D eigenvalue weighted by Gasteiger charge is -2.10. The van der Waals surface area contributed by atoms with Gasteiger partial charge >= 0.3 is 0 Å². The van der Waals surface area contributed by atoms with Gasteiger partial charge < -0.3 is 9.47 Å². The minimum Gasteiger partial charge on any atom is -0.457 e. The van der Waals surface area contributed by atoms with Crippen LogP contribution in [0.4, 0.5) is 0 Å². The van der Waals surface area contributed by atoms with Crippen LogP contribution < -0.4 is 9.47 Å². The first-order valence-corrected chi connectivity index (χ1v) is 12.7. The van der Waals surface area contributed by atoms with E-state index in [4.69, 9.17) is 18.6 Å². The molecular weight excluding hydrogens is 480 g/mol. The second-order valence-electron chi connectivity index (χ2n) is 7.15. The van der Waals surface area contributed by atoms with E-state index in [1.807, 2.05) is 12.1 Å². The monoisotopic (exact) mass is 498 g/mol. The van der Waals surface area contributed by atoms with Crippen LogP contribution in [0.1, 0.15) is 0 Å². The standard InChI is InChI=1S/C24H18O8S2/c25-33(26,27)23-11-7-19(8-12-23)31-21-5-1-3-17(15-21)18-4-2-6-22(16-18)32-20-9-13-24(14-10-20)34(28,29)30/h1-16H,(H,25,26,27)(H,28,29,30). The first-order chi connectivity index (χ1) is 16.1. The third-order valence-electron chi connectivity index (χ3n) is 4.72. The molecule has 0 saturated carbocycles. The Morgan fingerprint density at radius 3 is 1.15 bits per heavy atom. The van der Waals surface area contributed by atoms with Crippen molar-refractivity contribution in [3.05, 3.63) is 97.1 Å². The molecule has 0 bridgehead atoms. The van der Waals surface area contributed by atoms with Crippen molar-refractivity contribution in [3.8, 4) is 34.1 Å². The predicted octanol–water partition coefficient (Wildman–Crippen LogP) is 5.43. The van der Waals surface area contributed by atoms with Crippen LogP contribution in [0, 0.1) is 0 Å². The summed E-state index contributed by atoms with van der Waals surface area (Å²) in [5.74, 6) is 1.83. The van der Waals surface area contributed by atoms with Crippen LogP contribution in [-0.2, 0) is 20.2 Å². The highest BCUT2D eigenvalue weighted by molar-refractivity contribution is 7.86. The number of hydrogen-bond acceptors (Lipinski definition) is 6. The van der Waals surface area contributed by atoms with Gasteiger partial charge in [0.15, 0.2) is 0 Å². The second kappa shape index (κ2) is 9.27. The fourth-order valence-electron chi connectivity index (χ4n) is 3.11. The Morgan fingerprint density at radius 2 is 0.824 bits per heavy atom. The van der Waals surface area contributed by atoms with Gasteiger partial charge in [-0.1, -0.05) is 24.3 Å². The van der Waals surface area contributed by atoms with Crippen molar-refractivity contribution < 1.29 is 35.4 Å². The molecule has 0 unspecified atom stereocenters. The summed E-state index contributed by atoms with van der Waals surface area (Å²) < 4.78 is 74.4. The van der Waals surface area contributed by atoms with Gasteiger partial charge in [-0.3, -0.25) is 9.11 Å². The van der Waals surface area contributed by atoms with Crippen LogP contribution in [0.25, 0.3) is 11.1 Å². The minimum absolute atomic E-state index is 0.224. The van der Waals surface area contributed by atoms with Crippen LogP contribution in [0.2, 0.25) is 0 Å². The summed E-state index contributed by atoms with van der Waals surface area (Å²) in [6.07, 6.45) is 0. The molecule has 0 heterocycles. The van der Waals surface area contributed by atoms with Crippen molar-refractivity contribution in [3.63, 3.8) is 0 Å². The van der Waals surface area contributed by atoms with Gasteiger partial charge in [0, 0.05) is 0 Å². The van der Waals surface area contributed by atoms with Crippen molar-refractivity contribution in [2.24, 2.45) is 0 Å². The lowest BCUT2D eigenvalue weighted by molar-refractivity contribution is 0.475. The van der Waals surface area contributed by atoms with Gasteiger partial charge in [-0.2, -0.15) is 16.8 Å². The van der Waals surface area contributed by atoms with Gasteiger partial charge in [-0.15, -0.1) is 0 Å². The van der Waals surface area contributed by atoms with Crippen LogP contribution in [0.15, 0.2) is 107 Å². The number of hydrogen-bond donors (Lipinski definition) is 2. The summed E-state index contributed by atoms with van der Waals surface area (Å²) in [5, 5.41) is 0. The summed E-state index contributed by atoms with van der Waals surface area (Å²) in [7, 11) is -8.55. The van der Waals surface area contributed by atoms with E-state index in [1.54, 1.807) is 36.4 Å². The van der Waals surface area contributed by atoms with Crippen LogP contribution in [0.3, 0.4) is 0 Å². The lowest BCUT2D eigenvalue weighted by atomic mass is 10.1. The Bertz CT molecular complexity index is 1410. The fraction of sp³-hybridized carbons (Fsp3) is 0. The molecule has 0 spiro atoms. The van der Waals surface area contributed by atoms with E-state index in [0.29, 0.717) is 23.0 Å². The third kappa shape index (κ3) is 5.80. The highest BCUT2D eigenvalue weighted by atomic mass is 32.2. The summed E-state index contributed by atoms with van der Waals surface area (Å²) >= 11 is 0. The Hall–Kier alpha value is -3.70. The molecule has 4 aromatic carbocycles. The molecule has 0 fully saturated rings. The van der Waals surface area contributed by atoms with Gasteiger partial charge in [0.1, 0.15) is 23.0 Å². The zero-order valence-corrected chi connectivity index (χ0v) is 19.0. The molecule has 0 saturated heterocycles. The SMILES string of the molecule is O=S(=O)(O)c1ccc(Oc2cccc(-c3cccc(Oc4ccc(S(=O)(=O)O)cc4)c3)c2)cc1. The summed E-state index contributed by atoms with van der Waals surface area (Å²) in [4.78, 5) is -0.448. The molecule has 0 aliphatic rings. The normalized spacial score (nSPS) is 11.7. The van der Waals surface area contributed by atoms with Crippen molar-refractivity contribution in [1.82, 2.24) is 0 Å². The molecule has 0 amide bonds. The molecule has 0 aliphatic heterocycles. The fourth-order valence-corrected chi connectivity index (χ4v) is 4.07. The maximum atomic E-state index is 11.2. The number of rotatable bonds is 7. The van der Waals surface area contributed by atoms with E-state index < -0.39 is 20.2 Å². The molecule has 4 aromatic rings. The molecule has 4 rings (SSSR count). The molecule has 174 valence electrons.